The standard InChI is InChI=1S/C14H22N4O3/c1-11-6-15-18(7-11)10-14(20)17-8-12(13(19)9-17)16-2-4-21-5-3-16/h6-7,12-13,19H,2-5,8-10H2,1H3/t12-,13-/m1/s1. The number of amides is 1. The molecule has 2 fully saturated rings. The van der Waals surface area contributed by atoms with E-state index in [4.69, 9.17) is 4.74 Å². The van der Waals surface area contributed by atoms with Gasteiger partial charge in [-0.1, -0.05) is 0 Å². The number of nitrogens with zero attached hydrogens (tertiary/aromatic N) is 4. The number of aliphatic hydroxyl groups excluding tert-OH is 1. The molecule has 0 aromatic carbocycles. The number of hydrogen-bond donors (Lipinski definition) is 1. The molecular weight excluding hydrogens is 272 g/mol. The number of carbonyl (C=O) groups is 1. The molecule has 1 amide bonds. The fourth-order valence-corrected chi connectivity index (χ4v) is 3.03. The number of morpholine rings is 1. The summed E-state index contributed by atoms with van der Waals surface area (Å²) < 4.78 is 6.98. The van der Waals surface area contributed by atoms with Gasteiger partial charge in [0.25, 0.3) is 0 Å². The fourth-order valence-electron chi connectivity index (χ4n) is 3.03. The van der Waals surface area contributed by atoms with Crippen LogP contribution in [0.4, 0.5) is 0 Å². The van der Waals surface area contributed by atoms with E-state index in [1.807, 2.05) is 13.1 Å². The van der Waals surface area contributed by atoms with Crippen molar-refractivity contribution < 1.29 is 14.6 Å². The van der Waals surface area contributed by atoms with E-state index in [0.29, 0.717) is 26.3 Å². The minimum absolute atomic E-state index is 0.00732. The normalized spacial score (nSPS) is 27.2. The first kappa shape index (κ1) is 14.5. The Balaban J connectivity index is 1.58. The third-order valence-electron chi connectivity index (χ3n) is 4.19. The van der Waals surface area contributed by atoms with E-state index in [1.165, 1.54) is 0 Å². The average molecular weight is 294 g/mol. The van der Waals surface area contributed by atoms with Crippen LogP contribution in [0.25, 0.3) is 0 Å². The molecule has 1 aromatic rings. The molecule has 3 heterocycles. The maximum Gasteiger partial charge on any atom is 0.244 e. The first-order valence-corrected chi connectivity index (χ1v) is 7.40. The Bertz CT molecular complexity index is 498. The maximum absolute atomic E-state index is 12.3. The Morgan fingerprint density at radius 2 is 2.19 bits per heavy atom. The van der Waals surface area contributed by atoms with Crippen LogP contribution in [0.15, 0.2) is 12.4 Å². The van der Waals surface area contributed by atoms with Gasteiger partial charge in [0.1, 0.15) is 6.54 Å². The van der Waals surface area contributed by atoms with Crippen LogP contribution in [-0.2, 0) is 16.1 Å². The lowest BCUT2D eigenvalue weighted by Gasteiger charge is -2.33. The molecule has 7 nitrogen and oxygen atoms in total. The summed E-state index contributed by atoms with van der Waals surface area (Å²) in [5.74, 6) is 0.00732. The second-order valence-electron chi connectivity index (χ2n) is 5.80. The molecule has 2 aliphatic heterocycles. The zero-order chi connectivity index (χ0) is 14.8. The monoisotopic (exact) mass is 294 g/mol. The molecule has 21 heavy (non-hydrogen) atoms. The molecule has 3 rings (SSSR count). The number of rotatable bonds is 3. The summed E-state index contributed by atoms with van der Waals surface area (Å²) in [4.78, 5) is 16.3. The minimum Gasteiger partial charge on any atom is -0.390 e. The van der Waals surface area contributed by atoms with Crippen molar-refractivity contribution in [3.63, 3.8) is 0 Å². The van der Waals surface area contributed by atoms with Crippen LogP contribution in [0.3, 0.4) is 0 Å². The number of carbonyl (C=O) groups excluding carboxylic acids is 1. The Hall–Kier alpha value is -1.44. The number of hydrogen-bond acceptors (Lipinski definition) is 5. The summed E-state index contributed by atoms with van der Waals surface area (Å²) in [7, 11) is 0. The second-order valence-corrected chi connectivity index (χ2v) is 5.80. The number of aromatic nitrogens is 2. The van der Waals surface area contributed by atoms with Crippen LogP contribution in [0.5, 0.6) is 0 Å². The van der Waals surface area contributed by atoms with Crippen LogP contribution in [0, 0.1) is 6.92 Å². The Labute approximate surface area is 124 Å². The van der Waals surface area contributed by atoms with Crippen molar-refractivity contribution in [3.8, 4) is 0 Å². The van der Waals surface area contributed by atoms with Gasteiger partial charge in [-0.05, 0) is 12.5 Å². The second kappa shape index (κ2) is 6.13. The third-order valence-corrected chi connectivity index (χ3v) is 4.19. The average Bonchev–Trinajstić information content (AvgIpc) is 3.06. The summed E-state index contributed by atoms with van der Waals surface area (Å²) in [5.41, 5.74) is 1.04. The lowest BCUT2D eigenvalue weighted by atomic mass is 10.2. The fraction of sp³-hybridized carbons (Fsp3) is 0.714. The van der Waals surface area contributed by atoms with Crippen LogP contribution in [-0.4, -0.2) is 82.1 Å². The van der Waals surface area contributed by atoms with Crippen LogP contribution in [0.2, 0.25) is 0 Å². The summed E-state index contributed by atoms with van der Waals surface area (Å²) in [6.45, 7) is 6.21. The van der Waals surface area contributed by atoms with Crippen LogP contribution < -0.4 is 0 Å². The van der Waals surface area contributed by atoms with Crippen molar-refractivity contribution >= 4 is 5.91 Å². The van der Waals surface area contributed by atoms with Crippen molar-refractivity contribution in [2.45, 2.75) is 25.6 Å². The molecule has 0 radical (unpaired) electrons. The highest BCUT2D eigenvalue weighted by atomic mass is 16.5. The zero-order valence-electron chi connectivity index (χ0n) is 12.3. The predicted octanol–water partition coefficient (Wildman–Crippen LogP) is -0.905. The highest BCUT2D eigenvalue weighted by molar-refractivity contribution is 5.76. The molecule has 1 aromatic heterocycles. The summed E-state index contributed by atoms with van der Waals surface area (Å²) >= 11 is 0. The van der Waals surface area contributed by atoms with Gasteiger partial charge >= 0.3 is 0 Å². The minimum atomic E-state index is -0.480. The summed E-state index contributed by atoms with van der Waals surface area (Å²) in [6.07, 6.45) is 3.11. The number of aryl methyl sites for hydroxylation is 1. The van der Waals surface area contributed by atoms with Gasteiger partial charge in [0.15, 0.2) is 0 Å². The van der Waals surface area contributed by atoms with Crippen molar-refractivity contribution in [2.75, 3.05) is 39.4 Å². The highest BCUT2D eigenvalue weighted by Gasteiger charge is 2.38. The van der Waals surface area contributed by atoms with Gasteiger partial charge in [0.05, 0.1) is 31.6 Å². The van der Waals surface area contributed by atoms with Crippen molar-refractivity contribution in [2.24, 2.45) is 0 Å². The molecule has 116 valence electrons. The lowest BCUT2D eigenvalue weighted by molar-refractivity contribution is -0.131. The quantitative estimate of drug-likeness (QED) is 0.782. The van der Waals surface area contributed by atoms with Crippen LogP contribution in [0.1, 0.15) is 5.56 Å². The van der Waals surface area contributed by atoms with Gasteiger partial charge < -0.3 is 14.7 Å². The van der Waals surface area contributed by atoms with Gasteiger partial charge in [-0.2, -0.15) is 5.10 Å². The SMILES string of the molecule is Cc1cnn(CC(=O)N2C[C@@H](O)[C@H](N3CCOCC3)C2)c1. The van der Waals surface area contributed by atoms with E-state index in [1.54, 1.807) is 15.8 Å². The maximum atomic E-state index is 12.3. The molecule has 0 bridgehead atoms. The highest BCUT2D eigenvalue weighted by Crippen LogP contribution is 2.18. The van der Waals surface area contributed by atoms with Gasteiger partial charge in [0.2, 0.25) is 5.91 Å². The molecule has 0 saturated carbocycles. The van der Waals surface area contributed by atoms with Crippen molar-refractivity contribution in [3.05, 3.63) is 18.0 Å². The Morgan fingerprint density at radius 3 is 2.86 bits per heavy atom. The smallest absolute Gasteiger partial charge is 0.244 e. The number of aliphatic hydroxyl groups is 1. The molecule has 2 saturated heterocycles. The third kappa shape index (κ3) is 3.25. The summed E-state index contributed by atoms with van der Waals surface area (Å²) in [5, 5.41) is 14.4. The predicted molar refractivity (Wildman–Crippen MR) is 75.7 cm³/mol. The first-order valence-electron chi connectivity index (χ1n) is 7.40. The largest absolute Gasteiger partial charge is 0.390 e. The topological polar surface area (TPSA) is 70.8 Å². The number of β-amino-alcohol motifs (C(OH)–C–C–N with tert-alkyl or cyclic N) is 1. The van der Waals surface area contributed by atoms with E-state index in [2.05, 4.69) is 10.00 Å². The van der Waals surface area contributed by atoms with Gasteiger partial charge in [-0.3, -0.25) is 14.4 Å². The van der Waals surface area contributed by atoms with Crippen molar-refractivity contribution in [1.82, 2.24) is 19.6 Å². The summed E-state index contributed by atoms with van der Waals surface area (Å²) in [6, 6.07) is 0.0252. The van der Waals surface area contributed by atoms with E-state index < -0.39 is 6.10 Å². The number of likely N-dealkylation sites (tertiary alicyclic amines) is 1. The molecule has 1 N–H and O–H groups in total. The Morgan fingerprint density at radius 1 is 1.43 bits per heavy atom. The van der Waals surface area contributed by atoms with E-state index in [9.17, 15) is 9.90 Å². The first-order chi connectivity index (χ1) is 10.1. The van der Waals surface area contributed by atoms with E-state index >= 15 is 0 Å². The zero-order valence-corrected chi connectivity index (χ0v) is 12.3. The van der Waals surface area contributed by atoms with Crippen molar-refractivity contribution in [1.29, 1.82) is 0 Å². The molecule has 0 spiro atoms. The Kier molecular flexibility index (Phi) is 4.23. The molecule has 2 atom stereocenters. The van der Waals surface area contributed by atoms with Gasteiger partial charge in [-0.25, -0.2) is 0 Å². The van der Waals surface area contributed by atoms with E-state index in [-0.39, 0.29) is 18.5 Å². The molecular formula is C14H22N4O3. The molecule has 7 heteroatoms. The van der Waals surface area contributed by atoms with Gasteiger partial charge in [0, 0.05) is 32.4 Å². The number of ether oxygens (including phenoxy) is 1. The lowest BCUT2D eigenvalue weighted by Crippen LogP contribution is -2.49. The molecule has 0 unspecified atom stereocenters. The van der Waals surface area contributed by atoms with Crippen LogP contribution >= 0.6 is 0 Å². The van der Waals surface area contributed by atoms with E-state index in [0.717, 1.165) is 18.7 Å². The molecule has 2 aliphatic rings. The van der Waals surface area contributed by atoms with Gasteiger partial charge in [-0.15, -0.1) is 0 Å². The molecule has 0 aliphatic carbocycles.